The molecule has 0 aliphatic rings. The van der Waals surface area contributed by atoms with E-state index in [0.29, 0.717) is 11.4 Å². The highest BCUT2D eigenvalue weighted by molar-refractivity contribution is 5.95. The number of para-hydroxylation sites is 1. The number of fused-ring (bicyclic) bond motifs is 1. The van der Waals surface area contributed by atoms with Crippen LogP contribution in [0.1, 0.15) is 38.8 Å². The van der Waals surface area contributed by atoms with E-state index in [-0.39, 0.29) is 31.1 Å². The van der Waals surface area contributed by atoms with Crippen molar-refractivity contribution in [3.63, 3.8) is 0 Å². The van der Waals surface area contributed by atoms with E-state index in [9.17, 15) is 23.1 Å². The van der Waals surface area contributed by atoms with Crippen molar-refractivity contribution in [3.8, 4) is 11.5 Å². The van der Waals surface area contributed by atoms with E-state index in [1.165, 1.54) is 18.2 Å². The number of hydrogen-bond acceptors (Lipinski definition) is 5. The molecule has 0 fully saturated rings. The van der Waals surface area contributed by atoms with Crippen LogP contribution in [0.2, 0.25) is 0 Å². The molecule has 4 aromatic carbocycles. The van der Waals surface area contributed by atoms with Crippen molar-refractivity contribution in [2.75, 3.05) is 0 Å². The second-order valence-corrected chi connectivity index (χ2v) is 9.32. The molecule has 1 atom stereocenters. The Bertz CT molecular complexity index is 1630. The summed E-state index contributed by atoms with van der Waals surface area (Å²) in [6.45, 7) is 0.321. The van der Waals surface area contributed by atoms with E-state index in [4.69, 9.17) is 14.2 Å². The molecule has 0 spiro atoms. The summed E-state index contributed by atoms with van der Waals surface area (Å²) in [5, 5.41) is 10.5. The number of ether oxygens (including phenoxy) is 3. The van der Waals surface area contributed by atoms with Gasteiger partial charge in [0.1, 0.15) is 37.0 Å². The summed E-state index contributed by atoms with van der Waals surface area (Å²) in [7, 11) is 0. The van der Waals surface area contributed by atoms with Crippen molar-refractivity contribution in [2.45, 2.75) is 32.1 Å². The van der Waals surface area contributed by atoms with Crippen LogP contribution in [0.15, 0.2) is 103 Å². The van der Waals surface area contributed by atoms with Crippen LogP contribution < -0.4 is 9.47 Å². The summed E-state index contributed by atoms with van der Waals surface area (Å²) in [5.41, 5.74) is 3.11. The van der Waals surface area contributed by atoms with Crippen molar-refractivity contribution in [1.29, 1.82) is 0 Å². The number of aliphatic hydroxyl groups is 1. The standard InChI is InChI=1S/C32H26F3NO5/c33-32(34,35)30(37)26-12-6-7-13-29(26)40-20-23-11-5-4-10-22(23)19-39-25-14-15-27-24(16-25)17-28(36-27)31(38)41-18-21-8-2-1-3-9-21/h1-17,30,36-37H,18-20H2. The highest BCUT2D eigenvalue weighted by atomic mass is 19.4. The largest absolute Gasteiger partial charge is 0.489 e. The Morgan fingerprint density at radius 1 is 0.780 bits per heavy atom. The summed E-state index contributed by atoms with van der Waals surface area (Å²) in [6, 6.07) is 29.3. The Morgan fingerprint density at radius 3 is 2.17 bits per heavy atom. The van der Waals surface area contributed by atoms with Gasteiger partial charge in [0.2, 0.25) is 0 Å². The fourth-order valence-corrected chi connectivity index (χ4v) is 4.28. The van der Waals surface area contributed by atoms with E-state index in [0.717, 1.165) is 27.6 Å². The fraction of sp³-hybridized carbons (Fsp3) is 0.156. The maximum atomic E-state index is 13.1. The van der Waals surface area contributed by atoms with E-state index in [1.807, 2.05) is 42.5 Å². The molecular weight excluding hydrogens is 535 g/mol. The molecule has 0 saturated heterocycles. The van der Waals surface area contributed by atoms with Crippen molar-refractivity contribution < 1.29 is 37.3 Å². The summed E-state index contributed by atoms with van der Waals surface area (Å²) >= 11 is 0. The number of H-pyrrole nitrogens is 1. The second kappa shape index (κ2) is 12.2. The van der Waals surface area contributed by atoms with Crippen LogP contribution in [-0.2, 0) is 24.6 Å². The third kappa shape index (κ3) is 6.88. The molecule has 1 unspecified atom stereocenters. The fourth-order valence-electron chi connectivity index (χ4n) is 4.28. The predicted molar refractivity (Wildman–Crippen MR) is 146 cm³/mol. The second-order valence-electron chi connectivity index (χ2n) is 9.32. The number of alkyl halides is 3. The van der Waals surface area contributed by atoms with Gasteiger partial charge in [-0.05, 0) is 47.0 Å². The van der Waals surface area contributed by atoms with Gasteiger partial charge < -0.3 is 24.3 Å². The average Bonchev–Trinajstić information content (AvgIpc) is 3.42. The Hall–Kier alpha value is -4.76. The molecule has 0 amide bonds. The predicted octanol–water partition coefficient (Wildman–Crippen LogP) is 7.28. The van der Waals surface area contributed by atoms with E-state index >= 15 is 0 Å². The molecule has 6 nitrogen and oxygen atoms in total. The van der Waals surface area contributed by atoms with E-state index < -0.39 is 18.2 Å². The van der Waals surface area contributed by atoms with Crippen LogP contribution in [0, 0.1) is 0 Å². The molecule has 0 bridgehead atoms. The molecular formula is C32H26F3NO5. The molecule has 0 radical (unpaired) electrons. The van der Waals surface area contributed by atoms with Crippen molar-refractivity contribution >= 4 is 16.9 Å². The average molecular weight is 562 g/mol. The van der Waals surface area contributed by atoms with Crippen molar-refractivity contribution in [2.24, 2.45) is 0 Å². The first-order valence-electron chi connectivity index (χ1n) is 12.8. The quantitative estimate of drug-likeness (QED) is 0.175. The zero-order valence-corrected chi connectivity index (χ0v) is 21.7. The number of benzene rings is 4. The van der Waals surface area contributed by atoms with Crippen molar-refractivity contribution in [1.82, 2.24) is 4.98 Å². The molecule has 1 aromatic heterocycles. The van der Waals surface area contributed by atoms with Gasteiger partial charge in [-0.2, -0.15) is 13.2 Å². The molecule has 2 N–H and O–H groups in total. The lowest BCUT2D eigenvalue weighted by Crippen LogP contribution is -2.21. The number of halogens is 3. The number of aromatic amines is 1. The number of rotatable bonds is 10. The van der Waals surface area contributed by atoms with Gasteiger partial charge in [0.15, 0.2) is 6.10 Å². The number of carbonyl (C=O) groups excluding carboxylic acids is 1. The molecule has 5 aromatic rings. The van der Waals surface area contributed by atoms with Gasteiger partial charge >= 0.3 is 12.1 Å². The molecule has 210 valence electrons. The summed E-state index contributed by atoms with van der Waals surface area (Å²) in [5.74, 6) is 0.0462. The highest BCUT2D eigenvalue weighted by Gasteiger charge is 2.40. The first-order valence-corrected chi connectivity index (χ1v) is 12.8. The number of carbonyl (C=O) groups is 1. The topological polar surface area (TPSA) is 80.8 Å². The lowest BCUT2D eigenvalue weighted by Gasteiger charge is -2.19. The maximum absolute atomic E-state index is 13.1. The zero-order valence-electron chi connectivity index (χ0n) is 21.7. The van der Waals surface area contributed by atoms with Crippen LogP contribution in [0.5, 0.6) is 11.5 Å². The SMILES string of the molecule is O=C(OCc1ccccc1)c1cc2cc(OCc3ccccc3COc3ccccc3C(O)C(F)(F)F)ccc2[nH]1. The van der Waals surface area contributed by atoms with E-state index in [1.54, 1.807) is 42.5 Å². The number of nitrogens with one attached hydrogen (secondary N) is 1. The Morgan fingerprint density at radius 2 is 1.44 bits per heavy atom. The van der Waals surface area contributed by atoms with Gasteiger partial charge in [0, 0.05) is 16.5 Å². The lowest BCUT2D eigenvalue weighted by atomic mass is 10.1. The minimum atomic E-state index is -4.81. The normalized spacial score (nSPS) is 12.2. The van der Waals surface area contributed by atoms with Crippen LogP contribution in [-0.4, -0.2) is 22.2 Å². The number of aromatic nitrogens is 1. The minimum Gasteiger partial charge on any atom is -0.489 e. The van der Waals surface area contributed by atoms with Crippen LogP contribution in [0.4, 0.5) is 13.2 Å². The minimum absolute atomic E-state index is 0.0214. The monoisotopic (exact) mass is 561 g/mol. The van der Waals surface area contributed by atoms with Crippen LogP contribution in [0.3, 0.4) is 0 Å². The Labute approximate surface area is 233 Å². The summed E-state index contributed by atoms with van der Waals surface area (Å²) in [4.78, 5) is 15.6. The highest BCUT2D eigenvalue weighted by Crippen LogP contribution is 2.37. The Balaban J connectivity index is 1.23. The third-order valence-corrected chi connectivity index (χ3v) is 6.44. The molecule has 1 heterocycles. The van der Waals surface area contributed by atoms with Gasteiger partial charge in [0.05, 0.1) is 0 Å². The van der Waals surface area contributed by atoms with Crippen LogP contribution >= 0.6 is 0 Å². The van der Waals surface area contributed by atoms with E-state index in [2.05, 4.69) is 4.98 Å². The smallest absolute Gasteiger partial charge is 0.418 e. The lowest BCUT2D eigenvalue weighted by molar-refractivity contribution is -0.207. The molecule has 0 aliphatic heterocycles. The maximum Gasteiger partial charge on any atom is 0.418 e. The van der Waals surface area contributed by atoms with Gasteiger partial charge in [0.25, 0.3) is 0 Å². The zero-order chi connectivity index (χ0) is 28.8. The third-order valence-electron chi connectivity index (χ3n) is 6.44. The summed E-state index contributed by atoms with van der Waals surface area (Å²) in [6.07, 6.45) is -7.46. The number of esters is 1. The number of hydrogen-bond donors (Lipinski definition) is 2. The number of aliphatic hydroxyl groups excluding tert-OH is 1. The van der Waals surface area contributed by atoms with Gasteiger partial charge in [-0.15, -0.1) is 0 Å². The van der Waals surface area contributed by atoms with Gasteiger partial charge in [-0.1, -0.05) is 72.8 Å². The van der Waals surface area contributed by atoms with Gasteiger partial charge in [-0.3, -0.25) is 0 Å². The summed E-state index contributed by atoms with van der Waals surface area (Å²) < 4.78 is 56.4. The molecule has 5 rings (SSSR count). The van der Waals surface area contributed by atoms with Crippen molar-refractivity contribution in [3.05, 3.63) is 131 Å². The molecule has 0 aliphatic carbocycles. The van der Waals surface area contributed by atoms with Crippen LogP contribution in [0.25, 0.3) is 10.9 Å². The molecule has 41 heavy (non-hydrogen) atoms. The first-order chi connectivity index (χ1) is 19.8. The Kier molecular flexibility index (Phi) is 8.26. The first kappa shape index (κ1) is 27.8. The van der Waals surface area contributed by atoms with Gasteiger partial charge in [-0.25, -0.2) is 4.79 Å². The molecule has 0 saturated carbocycles. The molecule has 9 heteroatoms.